The number of nitrogens with zero attached hydrogens (tertiary/aromatic N) is 2. The van der Waals surface area contributed by atoms with Gasteiger partial charge in [-0.2, -0.15) is 0 Å². The summed E-state index contributed by atoms with van der Waals surface area (Å²) in [6, 6.07) is 8.19. The van der Waals surface area contributed by atoms with Crippen LogP contribution in [0, 0.1) is 0 Å². The minimum absolute atomic E-state index is 0.0866. The lowest BCUT2D eigenvalue weighted by atomic mass is 10.1. The van der Waals surface area contributed by atoms with Crippen LogP contribution in [0.15, 0.2) is 30.3 Å². The molecule has 1 atom stereocenters. The molecule has 122 valence electrons. The predicted molar refractivity (Wildman–Crippen MR) is 88.3 cm³/mol. The molecular weight excluding hydrogens is 300 g/mol. The van der Waals surface area contributed by atoms with Crippen LogP contribution >= 0.6 is 0 Å². The van der Waals surface area contributed by atoms with Gasteiger partial charge < -0.3 is 4.90 Å². The van der Waals surface area contributed by atoms with E-state index >= 15 is 0 Å². The van der Waals surface area contributed by atoms with Gasteiger partial charge in [0.05, 0.1) is 11.9 Å². The molecule has 5 nitrogen and oxygen atoms in total. The lowest BCUT2D eigenvalue weighted by molar-refractivity contribution is -0.133. The zero-order valence-electron chi connectivity index (χ0n) is 13.2. The van der Waals surface area contributed by atoms with Crippen molar-refractivity contribution in [2.75, 3.05) is 23.7 Å². The Bertz CT molecular complexity index is 595. The van der Waals surface area contributed by atoms with E-state index in [4.69, 9.17) is 0 Å². The Kier molecular flexibility index (Phi) is 5.45. The third kappa shape index (κ3) is 3.80. The fourth-order valence-electron chi connectivity index (χ4n) is 2.94. The smallest absolute Gasteiger partial charge is 0.246 e. The van der Waals surface area contributed by atoms with Crippen molar-refractivity contribution < 1.29 is 13.2 Å². The predicted octanol–water partition coefficient (Wildman–Crippen LogP) is 2.24. The Balaban J connectivity index is 2.33. The summed E-state index contributed by atoms with van der Waals surface area (Å²) in [6.07, 6.45) is 4.73. The fraction of sp³-hybridized carbons (Fsp3) is 0.562. The molecule has 1 saturated heterocycles. The molecule has 1 amide bonds. The van der Waals surface area contributed by atoms with Gasteiger partial charge in [0.15, 0.2) is 0 Å². The molecule has 0 saturated carbocycles. The van der Waals surface area contributed by atoms with E-state index < -0.39 is 16.1 Å². The third-order valence-electron chi connectivity index (χ3n) is 3.99. The summed E-state index contributed by atoms with van der Waals surface area (Å²) in [7, 11) is -3.53. The first kappa shape index (κ1) is 16.8. The van der Waals surface area contributed by atoms with Gasteiger partial charge in [-0.1, -0.05) is 25.1 Å². The summed E-state index contributed by atoms with van der Waals surface area (Å²) < 4.78 is 25.8. The topological polar surface area (TPSA) is 57.7 Å². The van der Waals surface area contributed by atoms with Gasteiger partial charge in [0.25, 0.3) is 0 Å². The summed E-state index contributed by atoms with van der Waals surface area (Å²) in [4.78, 5) is 14.6. The van der Waals surface area contributed by atoms with Crippen LogP contribution in [-0.2, 0) is 14.8 Å². The van der Waals surface area contributed by atoms with E-state index in [1.807, 2.05) is 13.0 Å². The van der Waals surface area contributed by atoms with Crippen LogP contribution in [0.3, 0.4) is 0 Å². The van der Waals surface area contributed by atoms with Crippen molar-refractivity contribution >= 4 is 21.6 Å². The van der Waals surface area contributed by atoms with Crippen LogP contribution in [0.4, 0.5) is 5.69 Å². The number of likely N-dealkylation sites (tertiary alicyclic amines) is 1. The highest BCUT2D eigenvalue weighted by Crippen LogP contribution is 2.24. The number of rotatable bonds is 5. The van der Waals surface area contributed by atoms with Gasteiger partial charge in [-0.15, -0.1) is 0 Å². The largest absolute Gasteiger partial charge is 0.341 e. The summed E-state index contributed by atoms with van der Waals surface area (Å²) >= 11 is 0. The van der Waals surface area contributed by atoms with Gasteiger partial charge in [0.1, 0.15) is 6.04 Å². The zero-order valence-corrected chi connectivity index (χ0v) is 14.1. The molecule has 1 fully saturated rings. The maximum Gasteiger partial charge on any atom is 0.246 e. The molecule has 0 aliphatic carbocycles. The Morgan fingerprint density at radius 1 is 1.18 bits per heavy atom. The van der Waals surface area contributed by atoms with Crippen molar-refractivity contribution in [3.05, 3.63) is 30.3 Å². The molecule has 2 rings (SSSR count). The van der Waals surface area contributed by atoms with E-state index in [-0.39, 0.29) is 5.91 Å². The zero-order chi connectivity index (χ0) is 16.2. The number of carbonyl (C=O) groups is 1. The van der Waals surface area contributed by atoms with Gasteiger partial charge in [-0.25, -0.2) is 8.42 Å². The summed E-state index contributed by atoms with van der Waals surface area (Å²) in [5, 5.41) is 0. The second-order valence-electron chi connectivity index (χ2n) is 5.70. The standard InChI is InChI=1S/C16H24N2O3S/c1-3-15(16(19)17-12-8-5-9-13-17)18(22(2,20)21)14-10-6-4-7-11-14/h4,6-7,10-11,15H,3,5,8-9,12-13H2,1-2H3/t15-/m1/s1. The number of para-hydroxylation sites is 1. The van der Waals surface area contributed by atoms with Gasteiger partial charge in [0.2, 0.25) is 15.9 Å². The van der Waals surface area contributed by atoms with E-state index in [0.29, 0.717) is 12.1 Å². The Hall–Kier alpha value is -1.56. The van der Waals surface area contributed by atoms with Crippen molar-refractivity contribution in [1.29, 1.82) is 0 Å². The molecule has 0 unspecified atom stereocenters. The molecule has 1 aliphatic heterocycles. The summed E-state index contributed by atoms with van der Waals surface area (Å²) in [5.74, 6) is -0.0866. The number of piperidine rings is 1. The Morgan fingerprint density at radius 2 is 1.77 bits per heavy atom. The number of carbonyl (C=O) groups excluding carboxylic acids is 1. The van der Waals surface area contributed by atoms with Gasteiger partial charge >= 0.3 is 0 Å². The molecule has 0 bridgehead atoms. The van der Waals surface area contributed by atoms with E-state index in [2.05, 4.69) is 0 Å². The molecule has 0 spiro atoms. The van der Waals surface area contributed by atoms with Crippen LogP contribution in [-0.4, -0.2) is 44.6 Å². The van der Waals surface area contributed by atoms with E-state index in [9.17, 15) is 13.2 Å². The average Bonchev–Trinajstić information content (AvgIpc) is 2.52. The number of hydrogen-bond donors (Lipinski definition) is 0. The maximum absolute atomic E-state index is 12.8. The van der Waals surface area contributed by atoms with Crippen molar-refractivity contribution in [2.45, 2.75) is 38.6 Å². The molecule has 1 heterocycles. The molecule has 22 heavy (non-hydrogen) atoms. The highest BCUT2D eigenvalue weighted by Gasteiger charge is 2.34. The number of sulfonamides is 1. The molecule has 1 aromatic rings. The molecule has 1 aromatic carbocycles. The molecule has 0 radical (unpaired) electrons. The van der Waals surface area contributed by atoms with Crippen molar-refractivity contribution in [3.63, 3.8) is 0 Å². The molecular formula is C16H24N2O3S. The SMILES string of the molecule is CC[C@H](C(=O)N1CCCCC1)N(c1ccccc1)S(C)(=O)=O. The van der Waals surface area contributed by atoms with Gasteiger partial charge in [-0.3, -0.25) is 9.10 Å². The summed E-state index contributed by atoms with van der Waals surface area (Å²) in [5.41, 5.74) is 0.544. The first-order valence-corrected chi connectivity index (χ1v) is 9.63. The van der Waals surface area contributed by atoms with Crippen molar-refractivity contribution in [1.82, 2.24) is 4.90 Å². The summed E-state index contributed by atoms with van der Waals surface area (Å²) in [6.45, 7) is 3.30. The minimum atomic E-state index is -3.53. The monoisotopic (exact) mass is 324 g/mol. The fourth-order valence-corrected chi connectivity index (χ4v) is 4.15. The highest BCUT2D eigenvalue weighted by molar-refractivity contribution is 7.92. The molecule has 1 aliphatic rings. The van der Waals surface area contributed by atoms with E-state index in [1.165, 1.54) is 4.31 Å². The first-order chi connectivity index (χ1) is 10.4. The second-order valence-corrected chi connectivity index (χ2v) is 7.56. The van der Waals surface area contributed by atoms with Crippen molar-refractivity contribution in [3.8, 4) is 0 Å². The maximum atomic E-state index is 12.8. The van der Waals surface area contributed by atoms with Gasteiger partial charge in [0, 0.05) is 13.1 Å². The third-order valence-corrected chi connectivity index (χ3v) is 5.17. The number of benzene rings is 1. The van der Waals surface area contributed by atoms with Crippen LogP contribution in [0.1, 0.15) is 32.6 Å². The lowest BCUT2D eigenvalue weighted by Crippen LogP contribution is -2.51. The quantitative estimate of drug-likeness (QED) is 0.834. The van der Waals surface area contributed by atoms with Crippen LogP contribution in [0.5, 0.6) is 0 Å². The average molecular weight is 324 g/mol. The van der Waals surface area contributed by atoms with E-state index in [0.717, 1.165) is 38.6 Å². The first-order valence-electron chi connectivity index (χ1n) is 7.78. The van der Waals surface area contributed by atoms with E-state index in [1.54, 1.807) is 29.2 Å². The van der Waals surface area contributed by atoms with Crippen molar-refractivity contribution in [2.24, 2.45) is 0 Å². The van der Waals surface area contributed by atoms with Crippen LogP contribution in [0.2, 0.25) is 0 Å². The number of anilines is 1. The molecule has 6 heteroatoms. The Labute approximate surface area is 133 Å². The highest BCUT2D eigenvalue weighted by atomic mass is 32.2. The number of hydrogen-bond acceptors (Lipinski definition) is 3. The second kappa shape index (κ2) is 7.13. The molecule has 0 aromatic heterocycles. The van der Waals surface area contributed by atoms with Crippen LogP contribution < -0.4 is 4.31 Å². The van der Waals surface area contributed by atoms with Gasteiger partial charge in [-0.05, 0) is 37.8 Å². The number of amides is 1. The molecule has 0 N–H and O–H groups in total. The Morgan fingerprint density at radius 3 is 2.27 bits per heavy atom. The van der Waals surface area contributed by atoms with Crippen LogP contribution in [0.25, 0.3) is 0 Å². The normalized spacial score (nSPS) is 17.1. The minimum Gasteiger partial charge on any atom is -0.341 e. The lowest BCUT2D eigenvalue weighted by Gasteiger charge is -2.35.